The molecule has 0 atom stereocenters. The summed E-state index contributed by atoms with van der Waals surface area (Å²) < 4.78 is 17.8. The third-order valence-corrected chi connectivity index (χ3v) is 5.59. The first kappa shape index (κ1) is 19.7. The molecule has 0 unspecified atom stereocenters. The molecule has 0 aliphatic carbocycles. The van der Waals surface area contributed by atoms with Gasteiger partial charge < -0.3 is 9.67 Å². The lowest BCUT2D eigenvalue weighted by atomic mass is 10.1. The summed E-state index contributed by atoms with van der Waals surface area (Å²) >= 11 is 0. The number of para-hydroxylation sites is 1. The van der Waals surface area contributed by atoms with E-state index in [-0.39, 0.29) is 11.9 Å². The van der Waals surface area contributed by atoms with Crippen molar-refractivity contribution in [3.63, 3.8) is 0 Å². The zero-order chi connectivity index (χ0) is 22.4. The maximum Gasteiger partial charge on any atom is 0.341 e. The summed E-state index contributed by atoms with van der Waals surface area (Å²) in [5, 5.41) is 14.9. The molecule has 0 aliphatic heterocycles. The third-order valence-electron chi connectivity index (χ3n) is 5.59. The van der Waals surface area contributed by atoms with Gasteiger partial charge in [0.2, 0.25) is 5.43 Å². The number of hydrogen-bond donors (Lipinski definition) is 1. The Balaban J connectivity index is 1.57. The summed E-state index contributed by atoms with van der Waals surface area (Å²) in [5.41, 5.74) is 2.76. The van der Waals surface area contributed by atoms with Crippen LogP contribution in [0.2, 0.25) is 0 Å². The Bertz CT molecular complexity index is 1570. The lowest BCUT2D eigenvalue weighted by Gasteiger charge is -2.13. The van der Waals surface area contributed by atoms with E-state index in [0.29, 0.717) is 5.52 Å². The van der Waals surface area contributed by atoms with Gasteiger partial charge in [-0.3, -0.25) is 4.79 Å². The second-order valence-corrected chi connectivity index (χ2v) is 7.62. The standard InChI is InChI=1S/C25H18FN3O3/c1-15-18-5-2-3-7-21(18)29(27-15)17-11-9-16(10-12-17)13-28-14-19(25(31)32)24(30)23-20(26)6-4-8-22(23)28/h2-12,14H,13H2,1H3,(H,31,32). The molecule has 5 rings (SSSR count). The number of hydrogen-bond acceptors (Lipinski definition) is 3. The van der Waals surface area contributed by atoms with Crippen LogP contribution >= 0.6 is 0 Å². The SMILES string of the molecule is Cc1nn(-c2ccc(Cn3cc(C(=O)O)c(=O)c4c(F)cccc43)cc2)c2ccccc12. The van der Waals surface area contributed by atoms with Crippen molar-refractivity contribution in [2.24, 2.45) is 0 Å². The molecule has 0 amide bonds. The van der Waals surface area contributed by atoms with Gasteiger partial charge in [-0.15, -0.1) is 0 Å². The van der Waals surface area contributed by atoms with Crippen LogP contribution in [0.15, 0.2) is 77.7 Å². The van der Waals surface area contributed by atoms with E-state index in [1.54, 1.807) is 10.6 Å². The molecule has 0 radical (unpaired) electrons. The molecule has 0 aliphatic rings. The molecule has 5 aromatic rings. The number of carboxylic acids is 1. The van der Waals surface area contributed by atoms with Gasteiger partial charge in [-0.05, 0) is 42.8 Å². The molecule has 1 N–H and O–H groups in total. The first-order valence-corrected chi connectivity index (χ1v) is 10.0. The highest BCUT2D eigenvalue weighted by Crippen LogP contribution is 2.22. The number of halogens is 1. The van der Waals surface area contributed by atoms with Crippen LogP contribution < -0.4 is 5.43 Å². The van der Waals surface area contributed by atoms with Crippen LogP contribution in [-0.2, 0) is 6.54 Å². The van der Waals surface area contributed by atoms with Crippen LogP contribution in [0.25, 0.3) is 27.5 Å². The summed E-state index contributed by atoms with van der Waals surface area (Å²) in [5.74, 6) is -2.12. The van der Waals surface area contributed by atoms with E-state index in [9.17, 15) is 19.1 Å². The van der Waals surface area contributed by atoms with Gasteiger partial charge in [-0.25, -0.2) is 13.9 Å². The minimum Gasteiger partial charge on any atom is -0.477 e. The maximum absolute atomic E-state index is 14.4. The zero-order valence-electron chi connectivity index (χ0n) is 17.1. The van der Waals surface area contributed by atoms with Crippen LogP contribution in [0.1, 0.15) is 21.6 Å². The van der Waals surface area contributed by atoms with Gasteiger partial charge in [-0.2, -0.15) is 5.10 Å². The number of carboxylic acid groups (broad SMARTS) is 1. The first-order chi connectivity index (χ1) is 15.4. The van der Waals surface area contributed by atoms with Gasteiger partial charge in [0.15, 0.2) is 0 Å². The Labute approximate surface area is 181 Å². The molecular formula is C25H18FN3O3. The highest BCUT2D eigenvalue weighted by atomic mass is 19.1. The molecule has 0 saturated carbocycles. The molecule has 32 heavy (non-hydrogen) atoms. The Morgan fingerprint density at radius 1 is 1.00 bits per heavy atom. The summed E-state index contributed by atoms with van der Waals surface area (Å²) in [6.45, 7) is 2.24. The van der Waals surface area contributed by atoms with Crippen molar-refractivity contribution in [3.8, 4) is 5.69 Å². The van der Waals surface area contributed by atoms with Gasteiger partial charge in [-0.1, -0.05) is 36.4 Å². The largest absolute Gasteiger partial charge is 0.477 e. The van der Waals surface area contributed by atoms with E-state index >= 15 is 0 Å². The Hall–Kier alpha value is -4.26. The second-order valence-electron chi connectivity index (χ2n) is 7.62. The number of fused-ring (bicyclic) bond motifs is 2. The number of benzene rings is 3. The number of aromatic carboxylic acids is 1. The fraction of sp³-hybridized carbons (Fsp3) is 0.0800. The van der Waals surface area contributed by atoms with Crippen molar-refractivity contribution in [3.05, 3.63) is 106 Å². The van der Waals surface area contributed by atoms with Crippen molar-refractivity contribution in [1.82, 2.24) is 14.3 Å². The van der Waals surface area contributed by atoms with Gasteiger partial charge in [0.25, 0.3) is 0 Å². The molecular weight excluding hydrogens is 409 g/mol. The number of pyridine rings is 1. The summed E-state index contributed by atoms with van der Waals surface area (Å²) in [6, 6.07) is 19.9. The van der Waals surface area contributed by atoms with Crippen molar-refractivity contribution >= 4 is 27.8 Å². The highest BCUT2D eigenvalue weighted by Gasteiger charge is 2.17. The molecule has 2 aromatic heterocycles. The monoisotopic (exact) mass is 427 g/mol. The normalized spacial score (nSPS) is 11.3. The topological polar surface area (TPSA) is 77.1 Å². The van der Waals surface area contributed by atoms with E-state index in [2.05, 4.69) is 5.10 Å². The van der Waals surface area contributed by atoms with E-state index in [0.717, 1.165) is 33.9 Å². The van der Waals surface area contributed by atoms with E-state index in [1.807, 2.05) is 60.1 Å². The van der Waals surface area contributed by atoms with Gasteiger partial charge in [0, 0.05) is 18.1 Å². The third kappa shape index (κ3) is 3.15. The summed E-state index contributed by atoms with van der Waals surface area (Å²) in [7, 11) is 0. The van der Waals surface area contributed by atoms with Crippen LogP contribution in [0.4, 0.5) is 4.39 Å². The van der Waals surface area contributed by atoms with Gasteiger partial charge >= 0.3 is 5.97 Å². The lowest BCUT2D eigenvalue weighted by Crippen LogP contribution is -2.20. The highest BCUT2D eigenvalue weighted by molar-refractivity contribution is 5.92. The number of rotatable bonds is 4. The number of nitrogens with zero attached hydrogens (tertiary/aromatic N) is 3. The smallest absolute Gasteiger partial charge is 0.341 e. The fourth-order valence-electron chi connectivity index (χ4n) is 4.04. The van der Waals surface area contributed by atoms with Crippen LogP contribution in [0.3, 0.4) is 0 Å². The second kappa shape index (κ2) is 7.46. The molecule has 6 nitrogen and oxygen atoms in total. The quantitative estimate of drug-likeness (QED) is 0.457. The summed E-state index contributed by atoms with van der Waals surface area (Å²) in [4.78, 5) is 24.0. The zero-order valence-corrected chi connectivity index (χ0v) is 17.1. The molecule has 0 spiro atoms. The molecule has 158 valence electrons. The molecule has 3 aromatic carbocycles. The molecule has 2 heterocycles. The van der Waals surface area contributed by atoms with Crippen LogP contribution in [-0.4, -0.2) is 25.4 Å². The number of aryl methyl sites for hydroxylation is 1. The Morgan fingerprint density at radius 2 is 1.72 bits per heavy atom. The summed E-state index contributed by atoms with van der Waals surface area (Å²) in [6.07, 6.45) is 1.27. The molecule has 0 bridgehead atoms. The van der Waals surface area contributed by atoms with Crippen LogP contribution in [0.5, 0.6) is 0 Å². The number of carbonyl (C=O) groups is 1. The fourth-order valence-corrected chi connectivity index (χ4v) is 4.04. The molecule has 7 heteroatoms. The predicted molar refractivity (Wildman–Crippen MR) is 120 cm³/mol. The average molecular weight is 427 g/mol. The van der Waals surface area contributed by atoms with E-state index < -0.39 is 22.8 Å². The van der Waals surface area contributed by atoms with E-state index in [1.165, 1.54) is 12.3 Å². The maximum atomic E-state index is 14.4. The Kier molecular flexibility index (Phi) is 4.59. The number of aromatic nitrogens is 3. The minimum atomic E-state index is -1.38. The lowest BCUT2D eigenvalue weighted by molar-refractivity contribution is 0.0695. The minimum absolute atomic E-state index is 0.220. The predicted octanol–water partition coefficient (Wildman–Crippen LogP) is 4.53. The molecule has 0 saturated heterocycles. The van der Waals surface area contributed by atoms with Crippen molar-refractivity contribution in [2.45, 2.75) is 13.5 Å². The first-order valence-electron chi connectivity index (χ1n) is 10.0. The average Bonchev–Trinajstić information content (AvgIpc) is 3.12. The van der Waals surface area contributed by atoms with Gasteiger partial charge in [0.05, 0.1) is 27.8 Å². The van der Waals surface area contributed by atoms with Crippen molar-refractivity contribution in [1.29, 1.82) is 0 Å². The van der Waals surface area contributed by atoms with Crippen LogP contribution in [0, 0.1) is 12.7 Å². The van der Waals surface area contributed by atoms with E-state index in [4.69, 9.17) is 0 Å². The Morgan fingerprint density at radius 3 is 2.47 bits per heavy atom. The van der Waals surface area contributed by atoms with Crippen molar-refractivity contribution in [2.75, 3.05) is 0 Å². The van der Waals surface area contributed by atoms with Gasteiger partial charge in [0.1, 0.15) is 11.4 Å². The molecule has 0 fully saturated rings. The van der Waals surface area contributed by atoms with Crippen molar-refractivity contribution < 1.29 is 14.3 Å².